The average Bonchev–Trinajstić information content (AvgIpc) is 4.00. The lowest BCUT2D eigenvalue weighted by Gasteiger charge is -2.17. The van der Waals surface area contributed by atoms with E-state index < -0.39 is 0 Å². The highest BCUT2D eigenvalue weighted by molar-refractivity contribution is 6.12. The van der Waals surface area contributed by atoms with Crippen LogP contribution in [0.3, 0.4) is 0 Å². The fourth-order valence-electron chi connectivity index (χ4n) is 10.9. The largest absolute Gasteiger partial charge is 0.309 e. The van der Waals surface area contributed by atoms with E-state index >= 15 is 0 Å². The van der Waals surface area contributed by atoms with Crippen LogP contribution in [0.5, 0.6) is 0 Å². The fraction of sp³-hybridized carbons (Fsp3) is 0. The zero-order chi connectivity index (χ0) is 49.0. The summed E-state index contributed by atoms with van der Waals surface area (Å²) in [7, 11) is 0. The highest BCUT2D eigenvalue weighted by Gasteiger charge is 2.21. The molecule has 0 bridgehead atoms. The van der Waals surface area contributed by atoms with E-state index in [2.05, 4.69) is 264 Å². The minimum absolute atomic E-state index is 0.600. The Bertz CT molecular complexity index is 4330. The smallest absolute Gasteiger partial charge is 0.164 e. The van der Waals surface area contributed by atoms with Crippen LogP contribution in [0.2, 0.25) is 0 Å². The number of hydrogen-bond acceptors (Lipinski definition) is 3. The Morgan fingerprint density at radius 3 is 1.03 bits per heavy atom. The molecule has 14 rings (SSSR count). The van der Waals surface area contributed by atoms with E-state index in [1.807, 2.05) is 18.2 Å². The van der Waals surface area contributed by atoms with Crippen molar-refractivity contribution in [3.8, 4) is 90.0 Å². The molecule has 346 valence electrons. The number of aromatic nitrogens is 5. The fourth-order valence-corrected chi connectivity index (χ4v) is 10.9. The predicted molar refractivity (Wildman–Crippen MR) is 307 cm³/mol. The first-order valence-electron chi connectivity index (χ1n) is 25.1. The van der Waals surface area contributed by atoms with Crippen molar-refractivity contribution in [1.82, 2.24) is 24.1 Å². The summed E-state index contributed by atoms with van der Waals surface area (Å²) in [5.41, 5.74) is 18.6. The van der Waals surface area contributed by atoms with Crippen LogP contribution in [0.1, 0.15) is 0 Å². The number of nitrogens with zero attached hydrogens (tertiary/aromatic N) is 5. The monoisotopic (exact) mass is 943 g/mol. The Morgan fingerprint density at radius 1 is 0.203 bits per heavy atom. The predicted octanol–water partition coefficient (Wildman–Crippen LogP) is 17.7. The van der Waals surface area contributed by atoms with Gasteiger partial charge in [0.2, 0.25) is 0 Å². The Kier molecular flexibility index (Phi) is 10.4. The molecule has 0 aliphatic heterocycles. The maximum atomic E-state index is 5.29. The molecule has 0 atom stereocenters. The summed E-state index contributed by atoms with van der Waals surface area (Å²) in [6.07, 6.45) is 0. The molecule has 3 heterocycles. The summed E-state index contributed by atoms with van der Waals surface area (Å²) in [6, 6.07) is 97.2. The van der Waals surface area contributed by atoms with Crippen LogP contribution in [0.15, 0.2) is 273 Å². The molecule has 5 heteroatoms. The molecule has 0 spiro atoms. The summed E-state index contributed by atoms with van der Waals surface area (Å²) in [5.74, 6) is 1.82. The van der Waals surface area contributed by atoms with E-state index in [9.17, 15) is 0 Å². The second-order valence-corrected chi connectivity index (χ2v) is 18.8. The van der Waals surface area contributed by atoms with Crippen LogP contribution in [-0.4, -0.2) is 24.1 Å². The van der Waals surface area contributed by atoms with Gasteiger partial charge in [0, 0.05) is 49.4 Å². The first kappa shape index (κ1) is 42.9. The van der Waals surface area contributed by atoms with Crippen molar-refractivity contribution in [3.63, 3.8) is 0 Å². The van der Waals surface area contributed by atoms with Crippen LogP contribution < -0.4 is 0 Å². The zero-order valence-electron chi connectivity index (χ0n) is 40.2. The van der Waals surface area contributed by atoms with Crippen LogP contribution in [0.25, 0.3) is 134 Å². The molecule has 0 N–H and O–H groups in total. The van der Waals surface area contributed by atoms with E-state index in [1.54, 1.807) is 0 Å². The molecule has 0 saturated carbocycles. The Morgan fingerprint density at radius 2 is 0.514 bits per heavy atom. The molecule has 74 heavy (non-hydrogen) atoms. The van der Waals surface area contributed by atoms with Gasteiger partial charge in [0.1, 0.15) is 0 Å². The SMILES string of the molecule is c1ccc(-c2ccc3c(c2)c2ccccc2n3-c2cc(-c3ccc(-c4nc(-c5ccccc5)nc(-c5ccc(-c6ccccc6)c(-n6c7ccccc7c7ccccc76)c5)n4)cc3)ccc2-c2ccccc2)cc1. The number of hydrogen-bond donors (Lipinski definition) is 0. The topological polar surface area (TPSA) is 48.5 Å². The van der Waals surface area contributed by atoms with E-state index in [4.69, 9.17) is 15.0 Å². The van der Waals surface area contributed by atoms with Crippen LogP contribution >= 0.6 is 0 Å². The molecule has 14 aromatic rings. The molecule has 0 aliphatic rings. The lowest BCUT2D eigenvalue weighted by Crippen LogP contribution is -2.02. The third-order valence-corrected chi connectivity index (χ3v) is 14.4. The molecule has 0 aliphatic carbocycles. The standard InChI is InChI=1S/C69H45N5/c1-5-19-46(20-6-1)52-39-42-64-60(43-52)59-29-15-18-32-63(59)74(64)65-44-53(37-40-55(65)48-21-7-2-8-22-48)47-33-35-51(36-34-47)68-70-67(50-25-11-4-12-26-50)71-69(72-68)54-38-41-56(49-23-9-3-10-24-49)66(45-54)73-61-30-16-13-27-57(61)58-28-14-17-31-62(58)73/h1-45H. The Hall–Kier alpha value is -9.97. The van der Waals surface area contributed by atoms with E-state index in [1.165, 1.54) is 32.7 Å². The van der Waals surface area contributed by atoms with Gasteiger partial charge < -0.3 is 9.13 Å². The highest BCUT2D eigenvalue weighted by atomic mass is 15.0. The second-order valence-electron chi connectivity index (χ2n) is 18.8. The minimum atomic E-state index is 0.600. The van der Waals surface area contributed by atoms with Crippen molar-refractivity contribution in [2.45, 2.75) is 0 Å². The van der Waals surface area contributed by atoms with Gasteiger partial charge in [-0.3, -0.25) is 0 Å². The van der Waals surface area contributed by atoms with Crippen LogP contribution in [0.4, 0.5) is 0 Å². The summed E-state index contributed by atoms with van der Waals surface area (Å²) in [6.45, 7) is 0. The number of benzene rings is 11. The molecule has 0 amide bonds. The maximum Gasteiger partial charge on any atom is 0.164 e. The molecule has 5 nitrogen and oxygen atoms in total. The van der Waals surface area contributed by atoms with Gasteiger partial charge in [-0.05, 0) is 75.8 Å². The molecule has 0 saturated heterocycles. The van der Waals surface area contributed by atoms with Crippen molar-refractivity contribution < 1.29 is 0 Å². The summed E-state index contributed by atoms with van der Waals surface area (Å²) < 4.78 is 4.83. The number of fused-ring (bicyclic) bond motifs is 6. The normalized spacial score (nSPS) is 11.5. The zero-order valence-corrected chi connectivity index (χ0v) is 40.2. The molecular weight excluding hydrogens is 899 g/mol. The minimum Gasteiger partial charge on any atom is -0.309 e. The molecule has 0 fully saturated rings. The Balaban J connectivity index is 0.901. The number of para-hydroxylation sites is 3. The van der Waals surface area contributed by atoms with Gasteiger partial charge in [-0.15, -0.1) is 0 Å². The van der Waals surface area contributed by atoms with Crippen molar-refractivity contribution in [2.24, 2.45) is 0 Å². The van der Waals surface area contributed by atoms with Crippen molar-refractivity contribution in [2.75, 3.05) is 0 Å². The Labute approximate surface area is 428 Å². The van der Waals surface area contributed by atoms with Gasteiger partial charge in [0.05, 0.1) is 33.4 Å². The maximum absolute atomic E-state index is 5.29. The van der Waals surface area contributed by atoms with Gasteiger partial charge in [-0.1, -0.05) is 231 Å². The molecular formula is C69H45N5. The van der Waals surface area contributed by atoms with Crippen molar-refractivity contribution in [3.05, 3.63) is 273 Å². The third kappa shape index (κ3) is 7.46. The van der Waals surface area contributed by atoms with Crippen molar-refractivity contribution in [1.29, 1.82) is 0 Å². The van der Waals surface area contributed by atoms with Gasteiger partial charge in [-0.2, -0.15) is 0 Å². The van der Waals surface area contributed by atoms with Gasteiger partial charge >= 0.3 is 0 Å². The molecule has 0 radical (unpaired) electrons. The lowest BCUT2D eigenvalue weighted by molar-refractivity contribution is 1.07. The number of rotatable bonds is 9. The lowest BCUT2D eigenvalue weighted by atomic mass is 9.97. The van der Waals surface area contributed by atoms with Gasteiger partial charge in [-0.25, -0.2) is 15.0 Å². The summed E-state index contributed by atoms with van der Waals surface area (Å²) in [4.78, 5) is 15.7. The van der Waals surface area contributed by atoms with Crippen LogP contribution in [-0.2, 0) is 0 Å². The van der Waals surface area contributed by atoms with Crippen molar-refractivity contribution >= 4 is 43.6 Å². The summed E-state index contributed by atoms with van der Waals surface area (Å²) >= 11 is 0. The van der Waals surface area contributed by atoms with Gasteiger partial charge in [0.25, 0.3) is 0 Å². The quantitative estimate of drug-likeness (QED) is 0.145. The molecule has 11 aromatic carbocycles. The first-order chi connectivity index (χ1) is 36.7. The summed E-state index contributed by atoms with van der Waals surface area (Å²) in [5, 5.41) is 4.85. The van der Waals surface area contributed by atoms with E-state index in [0.29, 0.717) is 17.5 Å². The van der Waals surface area contributed by atoms with Crippen LogP contribution in [0, 0.1) is 0 Å². The average molecular weight is 944 g/mol. The molecule has 3 aromatic heterocycles. The molecule has 0 unspecified atom stereocenters. The second kappa shape index (κ2) is 18.0. The van der Waals surface area contributed by atoms with E-state index in [0.717, 1.165) is 83.5 Å². The highest BCUT2D eigenvalue weighted by Crippen LogP contribution is 2.41. The van der Waals surface area contributed by atoms with E-state index in [-0.39, 0.29) is 0 Å². The van der Waals surface area contributed by atoms with Gasteiger partial charge in [0.15, 0.2) is 17.5 Å². The third-order valence-electron chi connectivity index (χ3n) is 14.4. The first-order valence-corrected chi connectivity index (χ1v) is 25.1.